The molecule has 2 aliphatic heterocycles. The largest absolute Gasteiger partial charge is 0.506 e. The number of carbonyl (C=O) groups excluding carboxylic acids is 1. The first-order chi connectivity index (χ1) is 20.2. The molecule has 43 heavy (non-hydrogen) atoms. The van der Waals surface area contributed by atoms with Crippen LogP contribution in [0.1, 0.15) is 84.9 Å². The molecule has 0 amide bonds. The van der Waals surface area contributed by atoms with Crippen LogP contribution in [0.4, 0.5) is 11.4 Å². The molecule has 2 aromatic rings. The van der Waals surface area contributed by atoms with Crippen LogP contribution >= 0.6 is 0 Å². The van der Waals surface area contributed by atoms with E-state index in [1.165, 1.54) is 16.8 Å². The average molecular weight is 582 g/mol. The first-order valence-corrected chi connectivity index (χ1v) is 15.8. The van der Waals surface area contributed by atoms with Gasteiger partial charge in [-0.1, -0.05) is 59.2 Å². The lowest BCUT2D eigenvalue weighted by atomic mass is 9.77. The van der Waals surface area contributed by atoms with Crippen molar-refractivity contribution in [3.8, 4) is 5.75 Å². The fraction of sp³-hybridized carbons (Fsp3) is 0.474. The minimum atomic E-state index is -0.402. The first-order valence-electron chi connectivity index (χ1n) is 15.8. The lowest BCUT2D eigenvalue weighted by Gasteiger charge is -2.30. The van der Waals surface area contributed by atoms with Crippen molar-refractivity contribution in [1.82, 2.24) is 0 Å². The number of hydrogen-bond donors (Lipinski definition) is 1. The monoisotopic (exact) mass is 581 g/mol. The second kappa shape index (κ2) is 11.2. The van der Waals surface area contributed by atoms with E-state index in [9.17, 15) is 9.90 Å². The number of rotatable bonds is 9. The summed E-state index contributed by atoms with van der Waals surface area (Å²) in [6, 6.07) is 12.8. The Morgan fingerprint density at radius 2 is 1.67 bits per heavy atom. The molecular formula is C38H49N2O3+. The molecule has 5 rings (SSSR count). The Kier molecular flexibility index (Phi) is 8.00. The topological polar surface area (TPSA) is 52.8 Å². The molecule has 5 heteroatoms. The number of methoxy groups -OCH3 is 1. The molecule has 0 bridgehead atoms. The average Bonchev–Trinajstić information content (AvgIpc) is 3.29. The van der Waals surface area contributed by atoms with E-state index in [0.717, 1.165) is 54.3 Å². The number of fused-ring (bicyclic) bond motifs is 2. The fourth-order valence-electron chi connectivity index (χ4n) is 6.89. The van der Waals surface area contributed by atoms with Crippen molar-refractivity contribution in [2.75, 3.05) is 25.1 Å². The van der Waals surface area contributed by atoms with Gasteiger partial charge in [0.05, 0.1) is 23.7 Å². The number of aryl methyl sites for hydroxylation is 1. The predicted octanol–water partition coefficient (Wildman–Crippen LogP) is 8.47. The fourth-order valence-corrected chi connectivity index (χ4v) is 6.89. The molecule has 1 N–H and O–H groups in total. The molecule has 0 spiro atoms. The highest BCUT2D eigenvalue weighted by atomic mass is 16.5. The number of aliphatic hydroxyl groups is 1. The molecule has 0 saturated heterocycles. The zero-order valence-electron chi connectivity index (χ0n) is 27.8. The number of nitrogens with zero attached hydrogens (tertiary/aromatic N) is 2. The highest BCUT2D eigenvalue weighted by Gasteiger charge is 2.48. The number of aliphatic hydroxyl groups excluding tert-OH is 1. The van der Waals surface area contributed by atoms with Gasteiger partial charge in [-0.2, -0.15) is 4.58 Å². The maximum absolute atomic E-state index is 13.8. The van der Waals surface area contributed by atoms with Crippen LogP contribution in [0.15, 0.2) is 71.2 Å². The van der Waals surface area contributed by atoms with Crippen molar-refractivity contribution < 1.29 is 19.2 Å². The molecule has 2 heterocycles. The minimum absolute atomic E-state index is 0.0827. The Hall–Kier alpha value is -3.60. The number of carbonyl (C=O) groups is 1. The summed E-state index contributed by atoms with van der Waals surface area (Å²) in [6.07, 6.45) is 5.92. The van der Waals surface area contributed by atoms with Gasteiger partial charge in [-0.3, -0.25) is 4.79 Å². The molecule has 2 aromatic carbocycles. The van der Waals surface area contributed by atoms with Crippen molar-refractivity contribution in [1.29, 1.82) is 0 Å². The number of benzene rings is 2. The standard InChI is InChI=1S/C38H48N2O3/c1-23(2)16-18-39-29-15-14-25(5)20-28(29)37(6,7)32(39)21-26-35(41)27(36(26)42)22-33-38(8,9)34-30(12-11-13-31(34)43-10)40(33)19-17-24(3)4/h11-15,20-24H,16-19H2,1-10H3/p+1. The Morgan fingerprint density at radius 1 is 0.977 bits per heavy atom. The van der Waals surface area contributed by atoms with Gasteiger partial charge >= 0.3 is 0 Å². The molecule has 0 aromatic heterocycles. The Morgan fingerprint density at radius 3 is 2.30 bits per heavy atom. The summed E-state index contributed by atoms with van der Waals surface area (Å²) in [6.45, 7) is 21.5. The van der Waals surface area contributed by atoms with Gasteiger partial charge in [0.15, 0.2) is 5.71 Å². The van der Waals surface area contributed by atoms with E-state index in [4.69, 9.17) is 4.74 Å². The molecule has 5 nitrogen and oxygen atoms in total. The minimum Gasteiger partial charge on any atom is -0.506 e. The Labute approximate surface area is 258 Å². The van der Waals surface area contributed by atoms with E-state index in [2.05, 4.69) is 96.1 Å². The molecule has 1 aliphatic carbocycles. The number of anilines is 1. The Bertz CT molecular complexity index is 1600. The third-order valence-corrected chi connectivity index (χ3v) is 9.54. The van der Waals surface area contributed by atoms with Crippen LogP contribution in [-0.4, -0.2) is 41.4 Å². The SMILES string of the molecule is COc1cccc2c1C(C)(C)/C(=C/C1=C(O)C(=C\C3=[N+](CCC(C)C)c4ccc(C)cc4C3(C)C)/C1=O)N2CCC(C)C. The quantitative estimate of drug-likeness (QED) is 0.238. The highest BCUT2D eigenvalue weighted by Crippen LogP contribution is 2.53. The summed E-state index contributed by atoms with van der Waals surface area (Å²) in [4.78, 5) is 16.1. The van der Waals surface area contributed by atoms with Crippen LogP contribution in [0.25, 0.3) is 0 Å². The summed E-state index contributed by atoms with van der Waals surface area (Å²) < 4.78 is 8.15. The van der Waals surface area contributed by atoms with Gasteiger partial charge in [-0.15, -0.1) is 0 Å². The van der Waals surface area contributed by atoms with Crippen LogP contribution in [0.2, 0.25) is 0 Å². The van der Waals surface area contributed by atoms with Crippen molar-refractivity contribution in [2.24, 2.45) is 11.8 Å². The third kappa shape index (κ3) is 5.15. The highest BCUT2D eigenvalue weighted by molar-refractivity contribution is 6.24. The molecule has 0 radical (unpaired) electrons. The number of hydrogen-bond acceptors (Lipinski definition) is 4. The zero-order valence-corrected chi connectivity index (χ0v) is 27.8. The van der Waals surface area contributed by atoms with Crippen LogP contribution in [-0.2, 0) is 15.6 Å². The van der Waals surface area contributed by atoms with E-state index >= 15 is 0 Å². The summed E-state index contributed by atoms with van der Waals surface area (Å²) in [5, 5.41) is 11.5. The number of ketones is 1. The second-order valence-corrected chi connectivity index (χ2v) is 14.4. The van der Waals surface area contributed by atoms with E-state index in [-0.39, 0.29) is 17.0 Å². The van der Waals surface area contributed by atoms with Gasteiger partial charge in [0.25, 0.3) is 0 Å². The molecule has 0 unspecified atom stereocenters. The summed E-state index contributed by atoms with van der Waals surface area (Å²) >= 11 is 0. The molecule has 0 atom stereocenters. The summed E-state index contributed by atoms with van der Waals surface area (Å²) in [7, 11) is 1.71. The van der Waals surface area contributed by atoms with Gasteiger partial charge in [0, 0.05) is 53.0 Å². The van der Waals surface area contributed by atoms with E-state index in [1.807, 2.05) is 24.3 Å². The first kappa shape index (κ1) is 30.8. The lowest BCUT2D eigenvalue weighted by Crippen LogP contribution is -2.32. The number of allylic oxidation sites excluding steroid dienone is 5. The molecular weight excluding hydrogens is 532 g/mol. The Balaban J connectivity index is 1.59. The van der Waals surface area contributed by atoms with Crippen molar-refractivity contribution in [3.05, 3.63) is 87.8 Å². The van der Waals surface area contributed by atoms with Crippen LogP contribution in [0, 0.1) is 18.8 Å². The van der Waals surface area contributed by atoms with Crippen LogP contribution in [0.3, 0.4) is 0 Å². The second-order valence-electron chi connectivity index (χ2n) is 14.4. The van der Waals surface area contributed by atoms with Crippen molar-refractivity contribution in [2.45, 2.75) is 86.0 Å². The maximum Gasteiger partial charge on any atom is 0.209 e. The van der Waals surface area contributed by atoms with Gasteiger partial charge in [-0.25, -0.2) is 0 Å². The zero-order chi connectivity index (χ0) is 31.4. The van der Waals surface area contributed by atoms with Crippen LogP contribution in [0.5, 0.6) is 5.75 Å². The number of ether oxygens (including phenoxy) is 1. The summed E-state index contributed by atoms with van der Waals surface area (Å²) in [5.41, 5.74) is 8.07. The van der Waals surface area contributed by atoms with Crippen molar-refractivity contribution >= 4 is 22.9 Å². The van der Waals surface area contributed by atoms with E-state index in [1.54, 1.807) is 7.11 Å². The third-order valence-electron chi connectivity index (χ3n) is 9.54. The van der Waals surface area contributed by atoms with Gasteiger partial charge in [0.2, 0.25) is 11.5 Å². The predicted molar refractivity (Wildman–Crippen MR) is 177 cm³/mol. The van der Waals surface area contributed by atoms with Gasteiger partial charge < -0.3 is 14.7 Å². The molecule has 228 valence electrons. The maximum atomic E-state index is 13.8. The molecule has 3 aliphatic rings. The summed E-state index contributed by atoms with van der Waals surface area (Å²) in [5.74, 6) is 1.91. The van der Waals surface area contributed by atoms with Gasteiger partial charge in [0.1, 0.15) is 18.1 Å². The van der Waals surface area contributed by atoms with Crippen molar-refractivity contribution in [3.63, 3.8) is 0 Å². The normalized spacial score (nSPS) is 20.6. The molecule has 0 saturated carbocycles. The smallest absolute Gasteiger partial charge is 0.209 e. The van der Waals surface area contributed by atoms with Gasteiger partial charge in [-0.05, 0) is 63.3 Å². The van der Waals surface area contributed by atoms with E-state index in [0.29, 0.717) is 23.0 Å². The number of Topliss-reactive ketones (excluding diaryl/α,β-unsaturated/α-hetero) is 1. The molecule has 0 fully saturated rings. The van der Waals surface area contributed by atoms with Crippen LogP contribution < -0.4 is 9.64 Å². The van der Waals surface area contributed by atoms with E-state index < -0.39 is 5.41 Å². The lowest BCUT2D eigenvalue weighted by molar-refractivity contribution is -0.439.